The molecule has 4 rings (SSSR count). The summed E-state index contributed by atoms with van der Waals surface area (Å²) in [4.78, 5) is 13.8. The van der Waals surface area contributed by atoms with Crippen LogP contribution in [-0.2, 0) is 13.1 Å². The molecular weight excluding hydrogens is 332 g/mol. The van der Waals surface area contributed by atoms with Crippen LogP contribution in [0.25, 0.3) is 0 Å². The molecule has 0 radical (unpaired) electrons. The Morgan fingerprint density at radius 1 is 0.852 bits per heavy atom. The second-order valence-corrected chi connectivity index (χ2v) is 8.30. The predicted molar refractivity (Wildman–Crippen MR) is 109 cm³/mol. The van der Waals surface area contributed by atoms with Gasteiger partial charge in [-0.2, -0.15) is 0 Å². The standard InChI is InChI=1S/C23H32N4/c1-2-6-23(5-1)27-14-9-21(10-15-27)18-26(17-20-7-12-24-13-8-20)19-22-4-3-11-25-16-22/h3-4,7-8,11-13,16,21,23H,1-2,5-6,9-10,14-15,17-19H2. The van der Waals surface area contributed by atoms with Gasteiger partial charge < -0.3 is 4.90 Å². The Labute approximate surface area is 163 Å². The van der Waals surface area contributed by atoms with E-state index < -0.39 is 0 Å². The van der Waals surface area contributed by atoms with Crippen LogP contribution >= 0.6 is 0 Å². The quantitative estimate of drug-likeness (QED) is 0.739. The van der Waals surface area contributed by atoms with Crippen LogP contribution in [0.15, 0.2) is 49.1 Å². The molecule has 0 bridgehead atoms. The van der Waals surface area contributed by atoms with E-state index in [1.165, 1.54) is 69.3 Å². The van der Waals surface area contributed by atoms with Gasteiger partial charge in [0.25, 0.3) is 0 Å². The second kappa shape index (κ2) is 9.43. The molecule has 1 aliphatic heterocycles. The molecule has 0 N–H and O–H groups in total. The zero-order chi connectivity index (χ0) is 18.3. The second-order valence-electron chi connectivity index (χ2n) is 8.30. The van der Waals surface area contributed by atoms with Crippen molar-refractivity contribution in [2.24, 2.45) is 5.92 Å². The lowest BCUT2D eigenvalue weighted by molar-refractivity contribution is 0.107. The predicted octanol–water partition coefficient (Wildman–Crippen LogP) is 4.13. The molecule has 144 valence electrons. The van der Waals surface area contributed by atoms with Gasteiger partial charge in [0.2, 0.25) is 0 Å². The van der Waals surface area contributed by atoms with Gasteiger partial charge in [-0.05, 0) is 74.0 Å². The normalized spacial score (nSPS) is 19.7. The average molecular weight is 365 g/mol. The van der Waals surface area contributed by atoms with E-state index >= 15 is 0 Å². The van der Waals surface area contributed by atoms with Gasteiger partial charge in [-0.1, -0.05) is 18.9 Å². The van der Waals surface area contributed by atoms with Crippen LogP contribution in [0.4, 0.5) is 0 Å². The minimum absolute atomic E-state index is 0.807. The van der Waals surface area contributed by atoms with Crippen LogP contribution in [-0.4, -0.2) is 45.4 Å². The third kappa shape index (κ3) is 5.36. The monoisotopic (exact) mass is 364 g/mol. The van der Waals surface area contributed by atoms with Crippen LogP contribution in [0.2, 0.25) is 0 Å². The highest BCUT2D eigenvalue weighted by atomic mass is 15.2. The highest BCUT2D eigenvalue weighted by Crippen LogP contribution is 2.28. The third-order valence-corrected chi connectivity index (χ3v) is 6.29. The lowest BCUT2D eigenvalue weighted by Gasteiger charge is -2.38. The van der Waals surface area contributed by atoms with E-state index in [2.05, 4.69) is 38.0 Å². The zero-order valence-corrected chi connectivity index (χ0v) is 16.3. The minimum atomic E-state index is 0.807. The number of hydrogen-bond donors (Lipinski definition) is 0. The first kappa shape index (κ1) is 18.6. The molecule has 1 aliphatic carbocycles. The van der Waals surface area contributed by atoms with E-state index in [0.717, 1.165) is 25.0 Å². The number of aromatic nitrogens is 2. The topological polar surface area (TPSA) is 32.3 Å². The maximum Gasteiger partial charge on any atom is 0.0312 e. The number of nitrogens with zero attached hydrogens (tertiary/aromatic N) is 4. The molecule has 0 unspecified atom stereocenters. The Balaban J connectivity index is 1.35. The molecular formula is C23H32N4. The molecule has 3 heterocycles. The largest absolute Gasteiger partial charge is 0.300 e. The van der Waals surface area contributed by atoms with E-state index in [9.17, 15) is 0 Å². The fraction of sp³-hybridized carbons (Fsp3) is 0.565. The van der Waals surface area contributed by atoms with Crippen molar-refractivity contribution in [2.75, 3.05) is 19.6 Å². The van der Waals surface area contributed by atoms with Gasteiger partial charge in [0.15, 0.2) is 0 Å². The van der Waals surface area contributed by atoms with Crippen molar-refractivity contribution in [1.29, 1.82) is 0 Å². The Morgan fingerprint density at radius 3 is 2.30 bits per heavy atom. The van der Waals surface area contributed by atoms with Crippen molar-refractivity contribution < 1.29 is 0 Å². The third-order valence-electron chi connectivity index (χ3n) is 6.29. The molecule has 1 saturated heterocycles. The van der Waals surface area contributed by atoms with Gasteiger partial charge in [-0.25, -0.2) is 0 Å². The van der Waals surface area contributed by atoms with Crippen molar-refractivity contribution in [3.05, 3.63) is 60.2 Å². The first-order chi connectivity index (χ1) is 13.4. The zero-order valence-electron chi connectivity index (χ0n) is 16.3. The van der Waals surface area contributed by atoms with Crippen molar-refractivity contribution in [1.82, 2.24) is 19.8 Å². The van der Waals surface area contributed by atoms with Crippen molar-refractivity contribution in [3.8, 4) is 0 Å². The van der Waals surface area contributed by atoms with Gasteiger partial charge in [-0.3, -0.25) is 14.9 Å². The van der Waals surface area contributed by atoms with E-state index in [4.69, 9.17) is 0 Å². The summed E-state index contributed by atoms with van der Waals surface area (Å²) in [6, 6.07) is 9.39. The highest BCUT2D eigenvalue weighted by Gasteiger charge is 2.27. The fourth-order valence-corrected chi connectivity index (χ4v) is 4.82. The number of hydrogen-bond acceptors (Lipinski definition) is 4. The Bertz CT molecular complexity index is 620. The molecule has 2 aromatic rings. The van der Waals surface area contributed by atoms with Crippen LogP contribution in [0.1, 0.15) is 49.7 Å². The summed E-state index contributed by atoms with van der Waals surface area (Å²) < 4.78 is 0. The highest BCUT2D eigenvalue weighted by molar-refractivity contribution is 5.12. The van der Waals surface area contributed by atoms with Crippen LogP contribution in [0.5, 0.6) is 0 Å². The average Bonchev–Trinajstić information content (AvgIpc) is 3.25. The van der Waals surface area contributed by atoms with Gasteiger partial charge in [-0.15, -0.1) is 0 Å². The van der Waals surface area contributed by atoms with Gasteiger partial charge in [0.05, 0.1) is 0 Å². The summed E-state index contributed by atoms with van der Waals surface area (Å²) in [6.07, 6.45) is 16.1. The van der Waals surface area contributed by atoms with Gasteiger partial charge >= 0.3 is 0 Å². The van der Waals surface area contributed by atoms with E-state index in [1.807, 2.05) is 30.9 Å². The number of piperidine rings is 1. The molecule has 0 atom stereocenters. The van der Waals surface area contributed by atoms with Gasteiger partial charge in [0, 0.05) is 50.5 Å². The molecule has 0 amide bonds. The maximum absolute atomic E-state index is 4.30. The van der Waals surface area contributed by atoms with E-state index in [-0.39, 0.29) is 0 Å². The molecule has 0 spiro atoms. The summed E-state index contributed by atoms with van der Waals surface area (Å²) in [6.45, 7) is 5.73. The van der Waals surface area contributed by atoms with Gasteiger partial charge in [0.1, 0.15) is 0 Å². The first-order valence-electron chi connectivity index (χ1n) is 10.6. The minimum Gasteiger partial charge on any atom is -0.300 e. The van der Waals surface area contributed by atoms with Crippen LogP contribution in [0.3, 0.4) is 0 Å². The summed E-state index contributed by atoms with van der Waals surface area (Å²) >= 11 is 0. The number of likely N-dealkylation sites (tertiary alicyclic amines) is 1. The summed E-state index contributed by atoms with van der Waals surface area (Å²) in [5, 5.41) is 0. The Kier molecular flexibility index (Phi) is 6.49. The molecule has 2 aliphatic rings. The number of pyridine rings is 2. The van der Waals surface area contributed by atoms with Crippen molar-refractivity contribution >= 4 is 0 Å². The molecule has 2 fully saturated rings. The lowest BCUT2D eigenvalue weighted by atomic mass is 9.94. The molecule has 1 saturated carbocycles. The smallest absolute Gasteiger partial charge is 0.0312 e. The SMILES string of the molecule is c1cncc(CN(Cc2ccncc2)CC2CCN(C3CCCC3)CC2)c1. The van der Waals surface area contributed by atoms with Crippen molar-refractivity contribution in [3.63, 3.8) is 0 Å². The summed E-state index contributed by atoms with van der Waals surface area (Å²) in [5.41, 5.74) is 2.65. The Hall–Kier alpha value is -1.78. The lowest BCUT2D eigenvalue weighted by Crippen LogP contribution is -2.42. The van der Waals surface area contributed by atoms with Crippen LogP contribution in [0, 0.1) is 5.92 Å². The summed E-state index contributed by atoms with van der Waals surface area (Å²) in [5.74, 6) is 0.807. The Morgan fingerprint density at radius 2 is 1.59 bits per heavy atom. The molecule has 0 aromatic carbocycles. The molecule has 27 heavy (non-hydrogen) atoms. The van der Waals surface area contributed by atoms with E-state index in [1.54, 1.807) is 0 Å². The first-order valence-corrected chi connectivity index (χ1v) is 10.6. The molecule has 4 heteroatoms. The number of rotatable bonds is 7. The fourth-order valence-electron chi connectivity index (χ4n) is 4.82. The molecule has 4 nitrogen and oxygen atoms in total. The summed E-state index contributed by atoms with van der Waals surface area (Å²) in [7, 11) is 0. The van der Waals surface area contributed by atoms with Crippen molar-refractivity contribution in [2.45, 2.75) is 57.7 Å². The maximum atomic E-state index is 4.30. The van der Waals surface area contributed by atoms with E-state index in [0.29, 0.717) is 0 Å². The molecule has 2 aromatic heterocycles. The van der Waals surface area contributed by atoms with Crippen LogP contribution < -0.4 is 0 Å².